The quantitative estimate of drug-likeness (QED) is 0.781. The summed E-state index contributed by atoms with van der Waals surface area (Å²) in [4.78, 5) is 27.0. The highest BCUT2D eigenvalue weighted by atomic mass is 16.6. The van der Waals surface area contributed by atoms with Gasteiger partial charge in [0.25, 0.3) is 0 Å². The molecule has 1 aromatic rings. The zero-order chi connectivity index (χ0) is 21.1. The number of amides is 1. The van der Waals surface area contributed by atoms with E-state index in [4.69, 9.17) is 9.47 Å². The van der Waals surface area contributed by atoms with Gasteiger partial charge in [0, 0.05) is 13.1 Å². The van der Waals surface area contributed by atoms with E-state index in [1.54, 1.807) is 23.1 Å². The van der Waals surface area contributed by atoms with Gasteiger partial charge in [-0.3, -0.25) is 4.79 Å². The minimum Gasteiger partial charge on any atom is -0.508 e. The Kier molecular flexibility index (Phi) is 6.63. The van der Waals surface area contributed by atoms with Crippen molar-refractivity contribution in [2.45, 2.75) is 65.6 Å². The summed E-state index contributed by atoms with van der Waals surface area (Å²) in [6, 6.07) is 6.92. The van der Waals surface area contributed by atoms with Crippen molar-refractivity contribution in [3.05, 3.63) is 29.8 Å². The highest BCUT2D eigenvalue weighted by Crippen LogP contribution is 2.31. The summed E-state index contributed by atoms with van der Waals surface area (Å²) in [6.07, 6.45) is 0.813. The molecule has 1 amide bonds. The third-order valence-corrected chi connectivity index (χ3v) is 4.52. The predicted octanol–water partition coefficient (Wildman–Crippen LogP) is 4.15. The Morgan fingerprint density at radius 2 is 1.79 bits per heavy atom. The first kappa shape index (κ1) is 22.1. The van der Waals surface area contributed by atoms with Gasteiger partial charge in [-0.25, -0.2) is 4.79 Å². The number of ether oxygens (including phenoxy) is 2. The molecule has 1 aliphatic rings. The largest absolute Gasteiger partial charge is 0.508 e. The summed E-state index contributed by atoms with van der Waals surface area (Å²) in [6.45, 7) is 12.1. The summed E-state index contributed by atoms with van der Waals surface area (Å²) in [5.41, 5.74) is -0.273. The molecule has 0 spiro atoms. The first-order chi connectivity index (χ1) is 12.8. The molecule has 0 bridgehead atoms. The average Bonchev–Trinajstić information content (AvgIpc) is 2.99. The van der Waals surface area contributed by atoms with E-state index in [9.17, 15) is 14.7 Å². The van der Waals surface area contributed by atoms with E-state index in [1.807, 2.05) is 47.6 Å². The second-order valence-electron chi connectivity index (χ2n) is 9.49. The number of rotatable bonds is 4. The van der Waals surface area contributed by atoms with Crippen molar-refractivity contribution in [2.24, 2.45) is 11.8 Å². The van der Waals surface area contributed by atoms with Gasteiger partial charge in [-0.05, 0) is 78.0 Å². The molecule has 28 heavy (non-hydrogen) atoms. The standard InChI is InChI=1S/C22H33NO5/c1-21(2,3)27-19(25)18(13-15-8-7-9-17(24)12-15)16-10-11-23(14-16)20(26)28-22(4,5)6/h7-9,12,16,18,24H,10-11,13-14H2,1-6H3/t16-,18+/m1/s1. The van der Waals surface area contributed by atoms with Crippen molar-refractivity contribution in [3.63, 3.8) is 0 Å². The molecular formula is C22H33NO5. The van der Waals surface area contributed by atoms with Gasteiger partial charge in [-0.1, -0.05) is 12.1 Å². The van der Waals surface area contributed by atoms with Gasteiger partial charge in [0.15, 0.2) is 0 Å². The number of hydrogen-bond donors (Lipinski definition) is 1. The van der Waals surface area contributed by atoms with Crippen LogP contribution in [-0.4, -0.2) is 46.4 Å². The van der Waals surface area contributed by atoms with Gasteiger partial charge in [-0.2, -0.15) is 0 Å². The third kappa shape index (κ3) is 6.73. The Morgan fingerprint density at radius 1 is 1.14 bits per heavy atom. The van der Waals surface area contributed by atoms with Gasteiger partial charge >= 0.3 is 12.1 Å². The summed E-state index contributed by atoms with van der Waals surface area (Å²) in [7, 11) is 0. The molecule has 0 saturated carbocycles. The van der Waals surface area contributed by atoms with Crippen LogP contribution in [0.5, 0.6) is 5.75 Å². The zero-order valence-electron chi connectivity index (χ0n) is 17.8. The lowest BCUT2D eigenvalue weighted by molar-refractivity contribution is -0.161. The number of phenolic OH excluding ortho intramolecular Hbond substituents is 1. The van der Waals surface area contributed by atoms with Crippen LogP contribution in [0.1, 0.15) is 53.5 Å². The molecule has 6 heteroatoms. The number of hydrogen-bond acceptors (Lipinski definition) is 5. The molecule has 1 saturated heterocycles. The lowest BCUT2D eigenvalue weighted by Crippen LogP contribution is -2.38. The molecule has 0 aromatic heterocycles. The van der Waals surface area contributed by atoms with Crippen LogP contribution in [0.4, 0.5) is 4.79 Å². The molecule has 2 atom stereocenters. The molecule has 1 N–H and O–H groups in total. The maximum atomic E-state index is 12.9. The van der Waals surface area contributed by atoms with Crippen LogP contribution >= 0.6 is 0 Å². The lowest BCUT2D eigenvalue weighted by atomic mass is 9.86. The van der Waals surface area contributed by atoms with Gasteiger partial charge in [0.1, 0.15) is 17.0 Å². The number of nitrogens with zero attached hydrogens (tertiary/aromatic N) is 1. The minimum absolute atomic E-state index is 0.0234. The van der Waals surface area contributed by atoms with Crippen molar-refractivity contribution < 1.29 is 24.2 Å². The van der Waals surface area contributed by atoms with Crippen molar-refractivity contribution in [2.75, 3.05) is 13.1 Å². The van der Waals surface area contributed by atoms with E-state index in [2.05, 4.69) is 0 Å². The van der Waals surface area contributed by atoms with Crippen LogP contribution in [0.15, 0.2) is 24.3 Å². The van der Waals surface area contributed by atoms with Crippen molar-refractivity contribution >= 4 is 12.1 Å². The van der Waals surface area contributed by atoms with Crippen molar-refractivity contribution in [1.29, 1.82) is 0 Å². The molecule has 1 aromatic carbocycles. The summed E-state index contributed by atoms with van der Waals surface area (Å²) < 4.78 is 11.1. The van der Waals surface area contributed by atoms with E-state index < -0.39 is 17.1 Å². The maximum absolute atomic E-state index is 12.9. The maximum Gasteiger partial charge on any atom is 0.410 e. The fraction of sp³-hybridized carbons (Fsp3) is 0.636. The molecule has 6 nitrogen and oxygen atoms in total. The van der Waals surface area contributed by atoms with Gasteiger partial charge in [0.2, 0.25) is 0 Å². The van der Waals surface area contributed by atoms with E-state index >= 15 is 0 Å². The first-order valence-electron chi connectivity index (χ1n) is 9.83. The van der Waals surface area contributed by atoms with E-state index in [0.717, 1.165) is 5.56 Å². The number of carbonyl (C=O) groups is 2. The summed E-state index contributed by atoms with van der Waals surface area (Å²) in [5.74, 6) is -0.521. The predicted molar refractivity (Wildman–Crippen MR) is 107 cm³/mol. The van der Waals surface area contributed by atoms with E-state index in [1.165, 1.54) is 0 Å². The van der Waals surface area contributed by atoms with Crippen LogP contribution < -0.4 is 0 Å². The van der Waals surface area contributed by atoms with Crippen LogP contribution in [0.25, 0.3) is 0 Å². The number of carbonyl (C=O) groups excluding carboxylic acids is 2. The molecule has 0 unspecified atom stereocenters. The number of benzene rings is 1. The second-order valence-corrected chi connectivity index (χ2v) is 9.49. The monoisotopic (exact) mass is 391 g/mol. The minimum atomic E-state index is -0.586. The number of likely N-dealkylation sites (tertiary alicyclic amines) is 1. The van der Waals surface area contributed by atoms with Crippen LogP contribution in [0.3, 0.4) is 0 Å². The summed E-state index contributed by atoms with van der Waals surface area (Å²) >= 11 is 0. The SMILES string of the molecule is CC(C)(C)OC(=O)[C@@H](Cc1cccc(O)c1)[C@@H]1CCN(C(=O)OC(C)(C)C)C1. The average molecular weight is 392 g/mol. The normalized spacial score (nSPS) is 18.6. The van der Waals surface area contributed by atoms with Crippen LogP contribution in [0, 0.1) is 11.8 Å². The molecule has 1 heterocycles. The third-order valence-electron chi connectivity index (χ3n) is 4.52. The first-order valence-corrected chi connectivity index (χ1v) is 9.83. The Bertz CT molecular complexity index is 702. The highest BCUT2D eigenvalue weighted by molar-refractivity contribution is 5.74. The van der Waals surface area contributed by atoms with E-state index in [0.29, 0.717) is 25.9 Å². The Hall–Kier alpha value is -2.24. The molecular weight excluding hydrogens is 358 g/mol. The smallest absolute Gasteiger partial charge is 0.410 e. The van der Waals surface area contributed by atoms with Crippen LogP contribution in [-0.2, 0) is 20.7 Å². The van der Waals surface area contributed by atoms with Crippen LogP contribution in [0.2, 0.25) is 0 Å². The Balaban J connectivity index is 2.15. The van der Waals surface area contributed by atoms with Crippen molar-refractivity contribution in [1.82, 2.24) is 4.90 Å². The molecule has 0 radical (unpaired) electrons. The topological polar surface area (TPSA) is 76.1 Å². The van der Waals surface area contributed by atoms with E-state index in [-0.39, 0.29) is 23.7 Å². The fourth-order valence-electron chi connectivity index (χ4n) is 3.37. The number of esters is 1. The fourth-order valence-corrected chi connectivity index (χ4v) is 3.37. The molecule has 0 aliphatic carbocycles. The molecule has 2 rings (SSSR count). The lowest BCUT2D eigenvalue weighted by Gasteiger charge is -2.28. The summed E-state index contributed by atoms with van der Waals surface area (Å²) in [5, 5.41) is 9.75. The molecule has 156 valence electrons. The van der Waals surface area contributed by atoms with Gasteiger partial charge < -0.3 is 19.5 Å². The second kappa shape index (κ2) is 8.41. The number of aromatic hydroxyl groups is 1. The molecule has 1 fully saturated rings. The highest BCUT2D eigenvalue weighted by Gasteiger charge is 2.39. The zero-order valence-corrected chi connectivity index (χ0v) is 17.8. The van der Waals surface area contributed by atoms with Crippen molar-refractivity contribution in [3.8, 4) is 5.75 Å². The Morgan fingerprint density at radius 3 is 2.36 bits per heavy atom. The van der Waals surface area contributed by atoms with Gasteiger partial charge in [0.05, 0.1) is 5.92 Å². The molecule has 1 aliphatic heterocycles. The number of phenols is 1. The van der Waals surface area contributed by atoms with Gasteiger partial charge in [-0.15, -0.1) is 0 Å². The Labute approximate surface area is 167 Å².